The van der Waals surface area contributed by atoms with Crippen LogP contribution >= 0.6 is 11.3 Å². The van der Waals surface area contributed by atoms with Gasteiger partial charge in [-0.2, -0.15) is 0 Å². The predicted octanol–water partition coefficient (Wildman–Crippen LogP) is 1.84. The van der Waals surface area contributed by atoms with Crippen LogP contribution in [0.1, 0.15) is 10.5 Å². The molecule has 8 heteroatoms. The summed E-state index contributed by atoms with van der Waals surface area (Å²) in [5.74, 6) is -2.88. The molecule has 0 unspecified atom stereocenters. The van der Waals surface area contributed by atoms with Crippen molar-refractivity contribution in [1.82, 2.24) is 4.98 Å². The molecule has 1 aromatic carbocycles. The normalized spacial score (nSPS) is 10.3. The Morgan fingerprint density at radius 3 is 2.67 bits per heavy atom. The van der Waals surface area contributed by atoms with Crippen LogP contribution in [0, 0.1) is 11.6 Å². The van der Waals surface area contributed by atoms with Crippen LogP contribution in [0.2, 0.25) is 0 Å². The number of nitrogen functional groups attached to an aromatic ring is 2. The number of benzene rings is 1. The largest absolute Gasteiger partial charge is 0.395 e. The maximum Gasteiger partial charge on any atom is 0.275 e. The molecule has 0 bridgehead atoms. The van der Waals surface area contributed by atoms with Crippen molar-refractivity contribution in [3.8, 4) is 0 Å². The van der Waals surface area contributed by atoms with Gasteiger partial charge in [-0.1, -0.05) is 0 Å². The monoisotopic (exact) mass is 270 g/mol. The zero-order valence-electron chi connectivity index (χ0n) is 8.91. The summed E-state index contributed by atoms with van der Waals surface area (Å²) in [7, 11) is 0. The molecule has 18 heavy (non-hydrogen) atoms. The highest BCUT2D eigenvalue weighted by Crippen LogP contribution is 2.24. The number of hydrogen-bond acceptors (Lipinski definition) is 5. The van der Waals surface area contributed by atoms with Crippen molar-refractivity contribution in [2.24, 2.45) is 0 Å². The van der Waals surface area contributed by atoms with E-state index in [1.54, 1.807) is 0 Å². The number of hydrogen-bond donors (Lipinski definition) is 3. The smallest absolute Gasteiger partial charge is 0.275 e. The van der Waals surface area contributed by atoms with Gasteiger partial charge in [0.1, 0.15) is 5.69 Å². The van der Waals surface area contributed by atoms with Crippen molar-refractivity contribution in [2.75, 3.05) is 16.8 Å². The minimum absolute atomic E-state index is 0.0227. The fourth-order valence-corrected chi connectivity index (χ4v) is 1.80. The van der Waals surface area contributed by atoms with Gasteiger partial charge in [-0.3, -0.25) is 4.79 Å². The molecular weight excluding hydrogens is 262 g/mol. The molecule has 5 N–H and O–H groups in total. The highest BCUT2D eigenvalue weighted by Gasteiger charge is 2.15. The standard InChI is InChI=1S/C10H8F2N4OS/c11-4-1-2-5(8(13)7(4)12)15-9(17)6-3-18-10(14)16-6/h1-3H,13H2,(H2,14,16)(H,15,17). The summed E-state index contributed by atoms with van der Waals surface area (Å²) in [6.07, 6.45) is 0. The number of aromatic nitrogens is 1. The second kappa shape index (κ2) is 4.57. The SMILES string of the molecule is Nc1nc(C(=O)Nc2ccc(F)c(F)c2N)cs1. The Morgan fingerprint density at radius 2 is 2.06 bits per heavy atom. The third kappa shape index (κ3) is 2.23. The van der Waals surface area contributed by atoms with Crippen LogP contribution in [0.5, 0.6) is 0 Å². The van der Waals surface area contributed by atoms with Crippen molar-refractivity contribution in [3.63, 3.8) is 0 Å². The molecule has 0 fully saturated rings. The maximum atomic E-state index is 13.2. The minimum atomic E-state index is -1.20. The number of amides is 1. The van der Waals surface area contributed by atoms with Crippen LogP contribution in [0.25, 0.3) is 0 Å². The Hall–Kier alpha value is -2.22. The van der Waals surface area contributed by atoms with Gasteiger partial charge in [-0.15, -0.1) is 11.3 Å². The van der Waals surface area contributed by atoms with Crippen molar-refractivity contribution in [1.29, 1.82) is 0 Å². The molecule has 1 aromatic heterocycles. The summed E-state index contributed by atoms with van der Waals surface area (Å²) >= 11 is 1.09. The molecule has 0 aliphatic heterocycles. The zero-order valence-corrected chi connectivity index (χ0v) is 9.72. The van der Waals surface area contributed by atoms with Crippen LogP contribution in [0.4, 0.5) is 25.3 Å². The molecular formula is C10H8F2N4OS. The van der Waals surface area contributed by atoms with E-state index in [9.17, 15) is 13.6 Å². The molecule has 2 rings (SSSR count). The fraction of sp³-hybridized carbons (Fsp3) is 0. The highest BCUT2D eigenvalue weighted by atomic mass is 32.1. The van der Waals surface area contributed by atoms with E-state index in [1.807, 2.05) is 0 Å². The van der Waals surface area contributed by atoms with Gasteiger partial charge in [-0.05, 0) is 12.1 Å². The van der Waals surface area contributed by atoms with Crippen LogP contribution < -0.4 is 16.8 Å². The Morgan fingerprint density at radius 1 is 1.33 bits per heavy atom. The van der Waals surface area contributed by atoms with Gasteiger partial charge in [0.05, 0.1) is 11.4 Å². The molecule has 0 aliphatic rings. The van der Waals surface area contributed by atoms with Crippen molar-refractivity contribution in [3.05, 3.63) is 34.8 Å². The summed E-state index contributed by atoms with van der Waals surface area (Å²) in [6, 6.07) is 2.04. The van der Waals surface area contributed by atoms with E-state index in [1.165, 1.54) is 11.4 Å². The Labute approximate surface area is 104 Å². The lowest BCUT2D eigenvalue weighted by Gasteiger charge is -2.07. The molecule has 0 saturated carbocycles. The van der Waals surface area contributed by atoms with E-state index >= 15 is 0 Å². The van der Waals surface area contributed by atoms with Gasteiger partial charge in [0.25, 0.3) is 5.91 Å². The van der Waals surface area contributed by atoms with Crippen molar-refractivity contribution in [2.45, 2.75) is 0 Å². The zero-order chi connectivity index (χ0) is 13.3. The Kier molecular flexibility index (Phi) is 3.11. The molecule has 0 radical (unpaired) electrons. The number of halogens is 2. The molecule has 0 atom stereocenters. The summed E-state index contributed by atoms with van der Waals surface area (Å²) in [5.41, 5.74) is 10.3. The lowest BCUT2D eigenvalue weighted by Crippen LogP contribution is -2.14. The van der Waals surface area contributed by atoms with Crippen molar-refractivity contribution < 1.29 is 13.6 Å². The molecule has 0 saturated heterocycles. The van der Waals surface area contributed by atoms with E-state index in [-0.39, 0.29) is 16.5 Å². The highest BCUT2D eigenvalue weighted by molar-refractivity contribution is 7.13. The third-order valence-electron chi connectivity index (χ3n) is 2.14. The lowest BCUT2D eigenvalue weighted by atomic mass is 10.2. The minimum Gasteiger partial charge on any atom is -0.395 e. The summed E-state index contributed by atoms with van der Waals surface area (Å²) in [6.45, 7) is 0. The van der Waals surface area contributed by atoms with Crippen LogP contribution in [-0.2, 0) is 0 Å². The Balaban J connectivity index is 2.25. The molecule has 1 amide bonds. The number of anilines is 3. The van der Waals surface area contributed by atoms with E-state index in [0.29, 0.717) is 0 Å². The van der Waals surface area contributed by atoms with E-state index in [0.717, 1.165) is 17.4 Å². The van der Waals surface area contributed by atoms with Gasteiger partial charge < -0.3 is 16.8 Å². The summed E-state index contributed by atoms with van der Waals surface area (Å²) in [5, 5.41) is 4.01. The summed E-state index contributed by atoms with van der Waals surface area (Å²) < 4.78 is 26.0. The number of nitrogens with one attached hydrogen (secondary N) is 1. The second-order valence-electron chi connectivity index (χ2n) is 3.35. The van der Waals surface area contributed by atoms with Crippen LogP contribution in [0.15, 0.2) is 17.5 Å². The average Bonchev–Trinajstić information content (AvgIpc) is 2.77. The van der Waals surface area contributed by atoms with Crippen LogP contribution in [0.3, 0.4) is 0 Å². The molecule has 5 nitrogen and oxygen atoms in total. The first kappa shape index (κ1) is 12.2. The van der Waals surface area contributed by atoms with Gasteiger partial charge in [0, 0.05) is 5.38 Å². The van der Waals surface area contributed by atoms with Gasteiger partial charge in [-0.25, -0.2) is 13.8 Å². The molecule has 1 heterocycles. The number of nitrogens with two attached hydrogens (primary N) is 2. The first-order chi connectivity index (χ1) is 8.49. The van der Waals surface area contributed by atoms with E-state index in [2.05, 4.69) is 10.3 Å². The number of nitrogens with zero attached hydrogens (tertiary/aromatic N) is 1. The maximum absolute atomic E-state index is 13.2. The number of thiazole rings is 1. The third-order valence-corrected chi connectivity index (χ3v) is 2.81. The second-order valence-corrected chi connectivity index (χ2v) is 4.24. The Bertz CT molecular complexity index is 614. The fourth-order valence-electron chi connectivity index (χ4n) is 1.25. The number of rotatable bonds is 2. The van der Waals surface area contributed by atoms with E-state index < -0.39 is 23.2 Å². The van der Waals surface area contributed by atoms with E-state index in [4.69, 9.17) is 11.5 Å². The average molecular weight is 270 g/mol. The first-order valence-corrected chi connectivity index (χ1v) is 5.63. The molecule has 94 valence electrons. The van der Waals surface area contributed by atoms with Gasteiger partial charge in [0.15, 0.2) is 16.8 Å². The quantitative estimate of drug-likeness (QED) is 0.726. The predicted molar refractivity (Wildman–Crippen MR) is 65.2 cm³/mol. The lowest BCUT2D eigenvalue weighted by molar-refractivity contribution is 0.102. The van der Waals surface area contributed by atoms with Crippen LogP contribution in [-0.4, -0.2) is 10.9 Å². The topological polar surface area (TPSA) is 94.0 Å². The number of carbonyl (C=O) groups is 1. The van der Waals surface area contributed by atoms with Crippen molar-refractivity contribution >= 4 is 33.8 Å². The summed E-state index contributed by atoms with van der Waals surface area (Å²) in [4.78, 5) is 15.4. The molecule has 0 spiro atoms. The van der Waals surface area contributed by atoms with Gasteiger partial charge in [0.2, 0.25) is 0 Å². The number of carbonyl (C=O) groups excluding carboxylic acids is 1. The molecule has 2 aromatic rings. The first-order valence-electron chi connectivity index (χ1n) is 4.75. The molecule has 0 aliphatic carbocycles. The van der Waals surface area contributed by atoms with Gasteiger partial charge >= 0.3 is 0 Å².